The Kier molecular flexibility index (Phi) is 4.03. The van der Waals surface area contributed by atoms with E-state index in [0.29, 0.717) is 12.1 Å². The predicted octanol–water partition coefficient (Wildman–Crippen LogP) is 4.13. The van der Waals surface area contributed by atoms with E-state index < -0.39 is 0 Å². The number of aryl methyl sites for hydroxylation is 3. The van der Waals surface area contributed by atoms with E-state index in [0.717, 1.165) is 5.69 Å². The van der Waals surface area contributed by atoms with Crippen LogP contribution >= 0.6 is 0 Å². The Morgan fingerprint density at radius 1 is 1.00 bits per heavy atom. The number of nitro groups is 1. The van der Waals surface area contributed by atoms with Gasteiger partial charge < -0.3 is 5.32 Å². The summed E-state index contributed by atoms with van der Waals surface area (Å²) < 4.78 is 0. The highest BCUT2D eigenvalue weighted by molar-refractivity contribution is 5.53. The number of nitrogens with zero attached hydrogens (tertiary/aromatic N) is 1. The normalized spacial score (nSPS) is 10.3. The van der Waals surface area contributed by atoms with Gasteiger partial charge >= 0.3 is 0 Å². The van der Waals surface area contributed by atoms with E-state index in [1.54, 1.807) is 19.1 Å². The minimum absolute atomic E-state index is 0.154. The number of hydrogen-bond donors (Lipinski definition) is 1. The van der Waals surface area contributed by atoms with Crippen molar-refractivity contribution in [2.24, 2.45) is 0 Å². The second kappa shape index (κ2) is 5.74. The van der Waals surface area contributed by atoms with E-state index in [1.165, 1.54) is 22.8 Å². The molecule has 0 bridgehead atoms. The molecule has 0 aromatic heterocycles. The Balaban J connectivity index is 2.09. The summed E-state index contributed by atoms with van der Waals surface area (Å²) in [7, 11) is 0. The molecule has 20 heavy (non-hydrogen) atoms. The Bertz CT molecular complexity index is 651. The van der Waals surface area contributed by atoms with Crippen molar-refractivity contribution in [3.63, 3.8) is 0 Å². The summed E-state index contributed by atoms with van der Waals surface area (Å²) in [6, 6.07) is 11.4. The van der Waals surface area contributed by atoms with Gasteiger partial charge in [0.05, 0.1) is 4.92 Å². The van der Waals surface area contributed by atoms with Crippen molar-refractivity contribution < 1.29 is 4.92 Å². The molecule has 1 N–H and O–H groups in total. The van der Waals surface area contributed by atoms with Gasteiger partial charge in [-0.1, -0.05) is 18.2 Å². The fourth-order valence-electron chi connectivity index (χ4n) is 2.09. The summed E-state index contributed by atoms with van der Waals surface area (Å²) in [6.07, 6.45) is 0. The molecule has 0 saturated carbocycles. The van der Waals surface area contributed by atoms with Gasteiger partial charge in [0.25, 0.3) is 5.69 Å². The maximum atomic E-state index is 10.8. The molecule has 0 saturated heterocycles. The first-order valence-corrected chi connectivity index (χ1v) is 6.52. The molecule has 2 rings (SSSR count). The Hall–Kier alpha value is -2.36. The molecule has 0 spiro atoms. The zero-order valence-electron chi connectivity index (χ0n) is 11.9. The summed E-state index contributed by atoms with van der Waals surface area (Å²) in [5.41, 5.74) is 5.46. The van der Waals surface area contributed by atoms with Gasteiger partial charge in [0, 0.05) is 23.9 Å². The minimum atomic E-state index is -0.359. The van der Waals surface area contributed by atoms with Crippen LogP contribution in [0.25, 0.3) is 0 Å². The molecule has 2 aromatic rings. The number of anilines is 1. The van der Waals surface area contributed by atoms with Crippen LogP contribution in [0.3, 0.4) is 0 Å². The largest absolute Gasteiger partial charge is 0.381 e. The number of benzene rings is 2. The highest BCUT2D eigenvalue weighted by Crippen LogP contribution is 2.22. The molecule has 2 aromatic carbocycles. The third-order valence-electron chi connectivity index (χ3n) is 3.46. The zero-order valence-corrected chi connectivity index (χ0v) is 11.9. The predicted molar refractivity (Wildman–Crippen MR) is 81.1 cm³/mol. The molecule has 0 aliphatic heterocycles. The second-order valence-corrected chi connectivity index (χ2v) is 5.03. The highest BCUT2D eigenvalue weighted by Gasteiger charge is 2.09. The van der Waals surface area contributed by atoms with E-state index in [-0.39, 0.29) is 10.6 Å². The van der Waals surface area contributed by atoms with Gasteiger partial charge in [0.2, 0.25) is 0 Å². The smallest absolute Gasteiger partial charge is 0.272 e. The third kappa shape index (κ3) is 3.15. The highest BCUT2D eigenvalue weighted by atomic mass is 16.6. The summed E-state index contributed by atoms with van der Waals surface area (Å²) >= 11 is 0. The van der Waals surface area contributed by atoms with Crippen molar-refractivity contribution in [1.29, 1.82) is 0 Å². The standard InChI is InChI=1S/C16H18N2O2/c1-11-4-5-14(8-12(11)2)10-17-15-6-7-16(18(19)20)13(3)9-15/h4-9,17H,10H2,1-3H3. The van der Waals surface area contributed by atoms with Crippen LogP contribution in [-0.2, 0) is 6.54 Å². The molecule has 0 amide bonds. The van der Waals surface area contributed by atoms with Crippen LogP contribution in [0.5, 0.6) is 0 Å². The first-order valence-electron chi connectivity index (χ1n) is 6.52. The molecule has 0 heterocycles. The lowest BCUT2D eigenvalue weighted by atomic mass is 10.1. The van der Waals surface area contributed by atoms with Crippen LogP contribution in [0.15, 0.2) is 36.4 Å². The molecule has 0 fully saturated rings. The zero-order chi connectivity index (χ0) is 14.7. The molecule has 0 unspecified atom stereocenters. The first kappa shape index (κ1) is 14.1. The lowest BCUT2D eigenvalue weighted by Gasteiger charge is -2.09. The molecule has 4 nitrogen and oxygen atoms in total. The quantitative estimate of drug-likeness (QED) is 0.671. The first-order chi connectivity index (χ1) is 9.47. The van der Waals surface area contributed by atoms with Crippen molar-refractivity contribution in [3.8, 4) is 0 Å². The minimum Gasteiger partial charge on any atom is -0.381 e. The van der Waals surface area contributed by atoms with Crippen molar-refractivity contribution in [1.82, 2.24) is 0 Å². The van der Waals surface area contributed by atoms with Gasteiger partial charge in [-0.25, -0.2) is 0 Å². The molecule has 0 radical (unpaired) electrons. The summed E-state index contributed by atoms with van der Waals surface area (Å²) in [6.45, 7) is 6.64. The molecule has 104 valence electrons. The van der Waals surface area contributed by atoms with Crippen molar-refractivity contribution in [2.75, 3.05) is 5.32 Å². The van der Waals surface area contributed by atoms with Crippen molar-refractivity contribution in [3.05, 3.63) is 68.8 Å². The lowest BCUT2D eigenvalue weighted by molar-refractivity contribution is -0.385. The summed E-state index contributed by atoms with van der Waals surface area (Å²) in [5, 5.41) is 14.1. The maximum absolute atomic E-state index is 10.8. The van der Waals surface area contributed by atoms with Gasteiger partial charge in [0.15, 0.2) is 0 Å². The topological polar surface area (TPSA) is 55.2 Å². The van der Waals surface area contributed by atoms with Gasteiger partial charge in [-0.15, -0.1) is 0 Å². The number of nitro benzene ring substituents is 1. The van der Waals surface area contributed by atoms with Crippen LogP contribution in [-0.4, -0.2) is 4.92 Å². The SMILES string of the molecule is Cc1ccc(CNc2ccc([N+](=O)[O-])c(C)c2)cc1C. The van der Waals surface area contributed by atoms with E-state index in [2.05, 4.69) is 37.4 Å². The average Bonchev–Trinajstić information content (AvgIpc) is 2.40. The fourth-order valence-corrected chi connectivity index (χ4v) is 2.09. The fraction of sp³-hybridized carbons (Fsp3) is 0.250. The molecule has 0 aliphatic carbocycles. The molecule has 0 atom stereocenters. The third-order valence-corrected chi connectivity index (χ3v) is 3.46. The second-order valence-electron chi connectivity index (χ2n) is 5.03. The van der Waals surface area contributed by atoms with E-state index >= 15 is 0 Å². The van der Waals surface area contributed by atoms with E-state index in [9.17, 15) is 10.1 Å². The monoisotopic (exact) mass is 270 g/mol. The van der Waals surface area contributed by atoms with Crippen LogP contribution < -0.4 is 5.32 Å². The van der Waals surface area contributed by atoms with Crippen LogP contribution in [0.2, 0.25) is 0 Å². The number of rotatable bonds is 4. The molecule has 0 aliphatic rings. The van der Waals surface area contributed by atoms with Gasteiger partial charge in [-0.3, -0.25) is 10.1 Å². The lowest BCUT2D eigenvalue weighted by Crippen LogP contribution is -2.01. The number of hydrogen-bond acceptors (Lipinski definition) is 3. The van der Waals surface area contributed by atoms with Gasteiger partial charge in [0.1, 0.15) is 0 Å². The Morgan fingerprint density at radius 2 is 1.75 bits per heavy atom. The number of nitrogens with one attached hydrogen (secondary N) is 1. The van der Waals surface area contributed by atoms with Crippen molar-refractivity contribution >= 4 is 11.4 Å². The molecule has 4 heteroatoms. The van der Waals surface area contributed by atoms with Crippen LogP contribution in [0.1, 0.15) is 22.3 Å². The van der Waals surface area contributed by atoms with Crippen molar-refractivity contribution in [2.45, 2.75) is 27.3 Å². The van der Waals surface area contributed by atoms with E-state index in [1.807, 2.05) is 0 Å². The Morgan fingerprint density at radius 3 is 2.35 bits per heavy atom. The van der Waals surface area contributed by atoms with Gasteiger partial charge in [-0.05, 0) is 49.6 Å². The average molecular weight is 270 g/mol. The maximum Gasteiger partial charge on any atom is 0.272 e. The van der Waals surface area contributed by atoms with Crippen LogP contribution in [0.4, 0.5) is 11.4 Å². The van der Waals surface area contributed by atoms with E-state index in [4.69, 9.17) is 0 Å². The molecular weight excluding hydrogens is 252 g/mol. The van der Waals surface area contributed by atoms with Crippen LogP contribution in [0, 0.1) is 30.9 Å². The Labute approximate surface area is 118 Å². The van der Waals surface area contributed by atoms with Gasteiger partial charge in [-0.2, -0.15) is 0 Å². The summed E-state index contributed by atoms with van der Waals surface area (Å²) in [4.78, 5) is 10.4. The summed E-state index contributed by atoms with van der Waals surface area (Å²) in [5.74, 6) is 0. The molecular formula is C16H18N2O2.